The third-order valence-corrected chi connectivity index (χ3v) is 2.97. The zero-order valence-corrected chi connectivity index (χ0v) is 10.6. The van der Waals surface area contributed by atoms with Gasteiger partial charge in [-0.15, -0.1) is 0 Å². The third-order valence-electron chi connectivity index (χ3n) is 2.57. The first-order valence-electron chi connectivity index (χ1n) is 5.16. The van der Waals surface area contributed by atoms with Gasteiger partial charge in [0, 0.05) is 19.1 Å². The van der Waals surface area contributed by atoms with E-state index in [0.29, 0.717) is 0 Å². The number of amides is 2. The Labute approximate surface area is 111 Å². The molecule has 4 nitrogen and oxygen atoms in total. The van der Waals surface area contributed by atoms with Crippen molar-refractivity contribution in [1.82, 2.24) is 10.2 Å². The van der Waals surface area contributed by atoms with Crippen LogP contribution >= 0.6 is 23.2 Å². The lowest BCUT2D eigenvalue weighted by Crippen LogP contribution is -2.50. The molecule has 0 aromatic carbocycles. The van der Waals surface area contributed by atoms with Gasteiger partial charge in [0.1, 0.15) is 0 Å². The minimum absolute atomic E-state index is 0.0570. The number of carbonyl (C=O) groups excluding carboxylic acids is 2. The van der Waals surface area contributed by atoms with Gasteiger partial charge < -0.3 is 10.2 Å². The molecule has 1 N–H and O–H groups in total. The summed E-state index contributed by atoms with van der Waals surface area (Å²) in [5, 5.41) is 2.49. The summed E-state index contributed by atoms with van der Waals surface area (Å²) < 4.78 is 36.5. The summed E-state index contributed by atoms with van der Waals surface area (Å²) in [7, 11) is 0. The van der Waals surface area contributed by atoms with Gasteiger partial charge in [-0.2, -0.15) is 13.2 Å². The first-order chi connectivity index (χ1) is 8.21. The maximum absolute atomic E-state index is 12.2. The molecule has 0 unspecified atom stereocenters. The van der Waals surface area contributed by atoms with Gasteiger partial charge in [0.25, 0.3) is 5.91 Å². The number of carbonyl (C=O) groups is 2. The van der Waals surface area contributed by atoms with Gasteiger partial charge in [-0.3, -0.25) is 9.59 Å². The number of nitrogens with zero attached hydrogens (tertiary/aromatic N) is 1. The van der Waals surface area contributed by atoms with Gasteiger partial charge in [0.2, 0.25) is 0 Å². The largest absolute Gasteiger partial charge is 0.471 e. The van der Waals surface area contributed by atoms with Crippen LogP contribution in [0.25, 0.3) is 0 Å². The normalized spacial score (nSPS) is 18.0. The molecule has 1 rings (SSSR count). The lowest BCUT2D eigenvalue weighted by atomic mass is 10.0. The molecular formula is C9H11Cl2F3N2O2. The second-order valence-corrected chi connectivity index (χ2v) is 4.97. The molecule has 1 heterocycles. The van der Waals surface area contributed by atoms with Gasteiger partial charge in [0.05, 0.1) is 0 Å². The zero-order valence-electron chi connectivity index (χ0n) is 9.14. The van der Waals surface area contributed by atoms with Crippen molar-refractivity contribution in [1.29, 1.82) is 0 Å². The van der Waals surface area contributed by atoms with Crippen LogP contribution in [-0.2, 0) is 9.59 Å². The molecule has 2 amide bonds. The molecule has 0 radical (unpaired) electrons. The van der Waals surface area contributed by atoms with E-state index in [9.17, 15) is 22.8 Å². The first-order valence-corrected chi connectivity index (χ1v) is 6.03. The Kier molecular flexibility index (Phi) is 5.10. The molecule has 1 saturated heterocycles. The fourth-order valence-electron chi connectivity index (χ4n) is 1.67. The molecule has 104 valence electrons. The van der Waals surface area contributed by atoms with Crippen LogP contribution in [0, 0.1) is 0 Å². The van der Waals surface area contributed by atoms with E-state index in [0.717, 1.165) is 4.90 Å². The van der Waals surface area contributed by atoms with Crippen LogP contribution < -0.4 is 5.32 Å². The number of alkyl halides is 5. The van der Waals surface area contributed by atoms with Gasteiger partial charge >= 0.3 is 12.1 Å². The third kappa shape index (κ3) is 4.20. The Morgan fingerprint density at radius 3 is 2.11 bits per heavy atom. The van der Waals surface area contributed by atoms with Gasteiger partial charge in [0.15, 0.2) is 4.84 Å². The fraction of sp³-hybridized carbons (Fsp3) is 0.778. The van der Waals surface area contributed by atoms with Crippen LogP contribution in [0.15, 0.2) is 0 Å². The zero-order chi connectivity index (χ0) is 13.9. The Bertz CT molecular complexity index is 328. The van der Waals surface area contributed by atoms with Crippen molar-refractivity contribution in [3.8, 4) is 0 Å². The van der Waals surface area contributed by atoms with E-state index in [1.54, 1.807) is 0 Å². The number of hydrogen-bond donors (Lipinski definition) is 1. The van der Waals surface area contributed by atoms with E-state index in [1.165, 1.54) is 0 Å². The van der Waals surface area contributed by atoms with E-state index in [1.807, 2.05) is 0 Å². The second kappa shape index (κ2) is 5.97. The Morgan fingerprint density at radius 2 is 1.72 bits per heavy atom. The summed E-state index contributed by atoms with van der Waals surface area (Å²) in [6.45, 7) is -0.114. The van der Waals surface area contributed by atoms with Crippen molar-refractivity contribution in [3.63, 3.8) is 0 Å². The molecule has 0 saturated carbocycles. The summed E-state index contributed by atoms with van der Waals surface area (Å²) in [5.41, 5.74) is 0. The average molecular weight is 307 g/mol. The number of hydrogen-bond acceptors (Lipinski definition) is 2. The predicted molar refractivity (Wildman–Crippen MR) is 59.3 cm³/mol. The number of piperidine rings is 1. The van der Waals surface area contributed by atoms with Crippen LogP contribution in [0.1, 0.15) is 12.8 Å². The van der Waals surface area contributed by atoms with Crippen molar-refractivity contribution in [2.45, 2.75) is 29.9 Å². The molecule has 18 heavy (non-hydrogen) atoms. The van der Waals surface area contributed by atoms with Crippen LogP contribution in [0.2, 0.25) is 0 Å². The van der Waals surface area contributed by atoms with E-state index in [-0.39, 0.29) is 32.0 Å². The van der Waals surface area contributed by atoms with E-state index < -0.39 is 22.8 Å². The van der Waals surface area contributed by atoms with Crippen molar-refractivity contribution >= 4 is 35.0 Å². The van der Waals surface area contributed by atoms with Crippen molar-refractivity contribution < 1.29 is 22.8 Å². The van der Waals surface area contributed by atoms with Gasteiger partial charge in [-0.05, 0) is 12.8 Å². The van der Waals surface area contributed by atoms with Gasteiger partial charge in [-0.1, -0.05) is 23.2 Å². The summed E-state index contributed by atoms with van der Waals surface area (Å²) in [6, 6.07) is -0.310. The molecule has 0 spiro atoms. The quantitative estimate of drug-likeness (QED) is 0.785. The summed E-state index contributed by atoms with van der Waals surface area (Å²) in [5.74, 6) is -2.43. The monoisotopic (exact) mass is 306 g/mol. The molecule has 0 bridgehead atoms. The molecule has 1 fully saturated rings. The number of nitrogens with one attached hydrogen (secondary N) is 1. The SMILES string of the molecule is O=C(NC1CCN(C(=O)C(F)(F)F)CC1)C(Cl)Cl. The highest BCUT2D eigenvalue weighted by Gasteiger charge is 2.43. The number of likely N-dealkylation sites (tertiary alicyclic amines) is 1. The van der Waals surface area contributed by atoms with Crippen molar-refractivity contribution in [2.24, 2.45) is 0 Å². The molecule has 0 aromatic rings. The minimum Gasteiger partial charge on any atom is -0.351 e. The van der Waals surface area contributed by atoms with Gasteiger partial charge in [-0.25, -0.2) is 0 Å². The van der Waals surface area contributed by atoms with Crippen LogP contribution in [0.4, 0.5) is 13.2 Å². The Hall–Kier alpha value is -0.690. The Morgan fingerprint density at radius 1 is 1.22 bits per heavy atom. The maximum Gasteiger partial charge on any atom is 0.471 e. The standard InChI is InChI=1S/C9H11Cl2F3N2O2/c10-6(11)7(17)15-5-1-3-16(4-2-5)8(18)9(12,13)14/h5-6H,1-4H2,(H,15,17). The Balaban J connectivity index is 2.42. The molecule has 1 aliphatic rings. The van der Waals surface area contributed by atoms with E-state index >= 15 is 0 Å². The maximum atomic E-state index is 12.2. The van der Waals surface area contributed by atoms with E-state index in [4.69, 9.17) is 23.2 Å². The summed E-state index contributed by atoms with van der Waals surface area (Å²) in [4.78, 5) is 21.6. The summed E-state index contributed by atoms with van der Waals surface area (Å²) in [6.07, 6.45) is -4.37. The average Bonchev–Trinajstić information content (AvgIpc) is 2.27. The smallest absolute Gasteiger partial charge is 0.351 e. The second-order valence-electron chi connectivity index (χ2n) is 3.87. The lowest BCUT2D eigenvalue weighted by Gasteiger charge is -2.32. The van der Waals surface area contributed by atoms with Crippen molar-refractivity contribution in [2.75, 3.05) is 13.1 Å². The van der Waals surface area contributed by atoms with Crippen molar-refractivity contribution in [3.05, 3.63) is 0 Å². The predicted octanol–water partition coefficient (Wildman–Crippen LogP) is 1.46. The molecular weight excluding hydrogens is 296 g/mol. The molecule has 0 atom stereocenters. The molecule has 0 aromatic heterocycles. The number of halogens is 5. The van der Waals surface area contributed by atoms with Crippen LogP contribution in [0.5, 0.6) is 0 Å². The minimum atomic E-state index is -4.85. The highest BCUT2D eigenvalue weighted by atomic mass is 35.5. The van der Waals surface area contributed by atoms with E-state index in [2.05, 4.69) is 5.32 Å². The highest BCUT2D eigenvalue weighted by Crippen LogP contribution is 2.21. The van der Waals surface area contributed by atoms with Crippen LogP contribution in [-0.4, -0.2) is 46.9 Å². The highest BCUT2D eigenvalue weighted by molar-refractivity contribution is 6.53. The topological polar surface area (TPSA) is 49.4 Å². The first kappa shape index (κ1) is 15.4. The van der Waals surface area contributed by atoms with Crippen LogP contribution in [0.3, 0.4) is 0 Å². The molecule has 1 aliphatic heterocycles. The fourth-order valence-corrected chi connectivity index (χ4v) is 1.80. The lowest BCUT2D eigenvalue weighted by molar-refractivity contribution is -0.186. The number of rotatable bonds is 2. The molecule has 0 aliphatic carbocycles. The summed E-state index contributed by atoms with van der Waals surface area (Å²) >= 11 is 10.7. The molecule has 9 heteroatoms.